The van der Waals surface area contributed by atoms with Crippen molar-refractivity contribution in [3.63, 3.8) is 0 Å². The van der Waals surface area contributed by atoms with Crippen LogP contribution in [0.15, 0.2) is 18.2 Å². The smallest absolute Gasteiger partial charge is 0.229 e. The molecule has 1 amide bonds. The number of benzene rings is 1. The highest BCUT2D eigenvalue weighted by Crippen LogP contribution is 2.31. The van der Waals surface area contributed by atoms with E-state index in [4.69, 9.17) is 10.5 Å². The van der Waals surface area contributed by atoms with Gasteiger partial charge in [0.25, 0.3) is 0 Å². The quantitative estimate of drug-likeness (QED) is 0.819. The maximum atomic E-state index is 11.5. The molecule has 1 aliphatic rings. The Kier molecular flexibility index (Phi) is 4.92. The van der Waals surface area contributed by atoms with E-state index in [2.05, 4.69) is 4.72 Å². The second kappa shape index (κ2) is 6.53. The summed E-state index contributed by atoms with van der Waals surface area (Å²) in [4.78, 5) is 13.4. The van der Waals surface area contributed by atoms with Crippen LogP contribution in [-0.4, -0.2) is 46.9 Å². The average molecular weight is 327 g/mol. The van der Waals surface area contributed by atoms with Crippen LogP contribution in [0.5, 0.6) is 0 Å². The fraction of sp³-hybridized carbons (Fsp3) is 0.500. The van der Waals surface area contributed by atoms with Crippen LogP contribution in [0.1, 0.15) is 18.4 Å². The highest BCUT2D eigenvalue weighted by atomic mass is 32.2. The highest BCUT2D eigenvalue weighted by molar-refractivity contribution is 7.92. The van der Waals surface area contributed by atoms with Crippen molar-refractivity contribution in [1.82, 2.24) is 0 Å². The lowest BCUT2D eigenvalue weighted by molar-refractivity contribution is -0.119. The average Bonchev–Trinajstić information content (AvgIpc) is 2.46. The Balaban J connectivity index is 2.42. The van der Waals surface area contributed by atoms with Gasteiger partial charge in [-0.3, -0.25) is 9.52 Å². The predicted octanol–water partition coefficient (Wildman–Crippen LogP) is 0.484. The third kappa shape index (κ3) is 4.11. The fourth-order valence-corrected chi connectivity index (χ4v) is 2.91. The number of ether oxygens (including phenoxy) is 1. The summed E-state index contributed by atoms with van der Waals surface area (Å²) < 4.78 is 30.9. The lowest BCUT2D eigenvalue weighted by atomic mass is 9.99. The van der Waals surface area contributed by atoms with Gasteiger partial charge in [0.05, 0.1) is 36.8 Å². The van der Waals surface area contributed by atoms with Gasteiger partial charge >= 0.3 is 0 Å². The van der Waals surface area contributed by atoms with Crippen LogP contribution in [0, 0.1) is 0 Å². The van der Waals surface area contributed by atoms with Crippen LogP contribution in [0.4, 0.5) is 11.4 Å². The van der Waals surface area contributed by atoms with Gasteiger partial charge in [-0.25, -0.2) is 8.42 Å². The standard InChI is InChI=1S/C14H21N3O4S/c1-10(14(15)18)11-3-4-12(16-22(2,19)20)13(9-11)17-5-7-21-8-6-17/h3-4,9-10,16H,5-8H2,1-2H3,(H2,15,18). The zero-order valence-corrected chi connectivity index (χ0v) is 13.5. The third-order valence-electron chi connectivity index (χ3n) is 3.60. The Morgan fingerprint density at radius 3 is 2.55 bits per heavy atom. The molecule has 0 spiro atoms. The summed E-state index contributed by atoms with van der Waals surface area (Å²) in [6, 6.07) is 5.20. The molecule has 3 N–H and O–H groups in total. The SMILES string of the molecule is CC(C(N)=O)c1ccc(NS(C)(=O)=O)c(N2CCOCC2)c1. The summed E-state index contributed by atoms with van der Waals surface area (Å²) >= 11 is 0. The topological polar surface area (TPSA) is 102 Å². The van der Waals surface area contributed by atoms with E-state index in [0.29, 0.717) is 32.0 Å². The molecule has 0 bridgehead atoms. The van der Waals surface area contributed by atoms with E-state index >= 15 is 0 Å². The van der Waals surface area contributed by atoms with E-state index < -0.39 is 21.8 Å². The minimum absolute atomic E-state index is 0.420. The molecule has 122 valence electrons. The van der Waals surface area contributed by atoms with Crippen molar-refractivity contribution in [2.45, 2.75) is 12.8 Å². The molecule has 2 rings (SSSR count). The molecule has 1 aliphatic heterocycles. The third-order valence-corrected chi connectivity index (χ3v) is 4.19. The summed E-state index contributed by atoms with van der Waals surface area (Å²) in [6.07, 6.45) is 1.11. The maximum Gasteiger partial charge on any atom is 0.229 e. The molecule has 8 heteroatoms. The number of nitrogens with two attached hydrogens (primary N) is 1. The monoisotopic (exact) mass is 327 g/mol. The largest absolute Gasteiger partial charge is 0.378 e. The molecule has 0 aromatic heterocycles. The number of carbonyl (C=O) groups is 1. The Morgan fingerprint density at radius 2 is 2.00 bits per heavy atom. The van der Waals surface area contributed by atoms with Crippen molar-refractivity contribution < 1.29 is 17.9 Å². The molecule has 0 radical (unpaired) electrons. The second-order valence-corrected chi connectivity index (χ2v) is 7.12. The Morgan fingerprint density at radius 1 is 1.36 bits per heavy atom. The number of primary amides is 1. The van der Waals surface area contributed by atoms with Gasteiger partial charge in [0, 0.05) is 13.1 Å². The molecule has 1 fully saturated rings. The predicted molar refractivity (Wildman–Crippen MR) is 85.5 cm³/mol. The number of hydrogen-bond acceptors (Lipinski definition) is 5. The van der Waals surface area contributed by atoms with Crippen LogP contribution in [0.2, 0.25) is 0 Å². The molecule has 1 aromatic rings. The first-order valence-electron chi connectivity index (χ1n) is 7.01. The summed E-state index contributed by atoms with van der Waals surface area (Å²) in [6.45, 7) is 4.20. The molecule has 1 saturated heterocycles. The molecule has 1 heterocycles. The molecule has 1 atom stereocenters. The van der Waals surface area contributed by atoms with E-state index in [1.54, 1.807) is 19.1 Å². The van der Waals surface area contributed by atoms with Gasteiger partial charge in [-0.1, -0.05) is 6.07 Å². The van der Waals surface area contributed by atoms with Crippen molar-refractivity contribution in [2.24, 2.45) is 5.73 Å². The minimum Gasteiger partial charge on any atom is -0.378 e. The molecule has 0 aliphatic carbocycles. The number of anilines is 2. The molecule has 0 saturated carbocycles. The zero-order valence-electron chi connectivity index (χ0n) is 12.7. The number of carbonyl (C=O) groups excluding carboxylic acids is 1. The minimum atomic E-state index is -3.39. The first-order valence-corrected chi connectivity index (χ1v) is 8.91. The molecule has 22 heavy (non-hydrogen) atoms. The van der Waals surface area contributed by atoms with Crippen molar-refractivity contribution in [2.75, 3.05) is 42.2 Å². The molecule has 7 nitrogen and oxygen atoms in total. The summed E-state index contributed by atoms with van der Waals surface area (Å²) in [5, 5.41) is 0. The number of hydrogen-bond donors (Lipinski definition) is 2. The van der Waals surface area contributed by atoms with Crippen LogP contribution >= 0.6 is 0 Å². The van der Waals surface area contributed by atoms with Crippen molar-refractivity contribution in [1.29, 1.82) is 0 Å². The van der Waals surface area contributed by atoms with E-state index in [-0.39, 0.29) is 0 Å². The highest BCUT2D eigenvalue weighted by Gasteiger charge is 2.20. The number of morpholine rings is 1. The van der Waals surface area contributed by atoms with Crippen LogP contribution in [-0.2, 0) is 19.6 Å². The lowest BCUT2D eigenvalue weighted by Crippen LogP contribution is -2.37. The normalized spacial score (nSPS) is 17.1. The van der Waals surface area contributed by atoms with E-state index in [9.17, 15) is 13.2 Å². The van der Waals surface area contributed by atoms with Gasteiger partial charge in [-0.2, -0.15) is 0 Å². The van der Waals surface area contributed by atoms with Crippen molar-refractivity contribution in [3.8, 4) is 0 Å². The second-order valence-electron chi connectivity index (χ2n) is 5.37. The van der Waals surface area contributed by atoms with E-state index in [1.807, 2.05) is 11.0 Å². The van der Waals surface area contributed by atoms with Crippen molar-refractivity contribution in [3.05, 3.63) is 23.8 Å². The fourth-order valence-electron chi connectivity index (χ4n) is 2.33. The molecular formula is C14H21N3O4S. The van der Waals surface area contributed by atoms with Crippen LogP contribution in [0.25, 0.3) is 0 Å². The summed E-state index contributed by atoms with van der Waals surface area (Å²) in [5.74, 6) is -0.858. The Bertz CT molecular complexity index is 654. The number of amides is 1. The summed E-state index contributed by atoms with van der Waals surface area (Å²) in [7, 11) is -3.39. The maximum absolute atomic E-state index is 11.5. The van der Waals surface area contributed by atoms with Gasteiger partial charge in [0.2, 0.25) is 15.9 Å². The van der Waals surface area contributed by atoms with E-state index in [0.717, 1.165) is 17.5 Å². The van der Waals surface area contributed by atoms with Gasteiger partial charge in [-0.05, 0) is 24.6 Å². The number of sulfonamides is 1. The van der Waals surface area contributed by atoms with Gasteiger partial charge < -0.3 is 15.4 Å². The van der Waals surface area contributed by atoms with E-state index in [1.165, 1.54) is 0 Å². The van der Waals surface area contributed by atoms with Crippen LogP contribution < -0.4 is 15.4 Å². The van der Waals surface area contributed by atoms with Gasteiger partial charge in [0.1, 0.15) is 0 Å². The lowest BCUT2D eigenvalue weighted by Gasteiger charge is -2.31. The first kappa shape index (κ1) is 16.6. The number of nitrogens with zero attached hydrogens (tertiary/aromatic N) is 1. The van der Waals surface area contributed by atoms with Crippen molar-refractivity contribution >= 4 is 27.3 Å². The molecular weight excluding hydrogens is 306 g/mol. The number of nitrogens with one attached hydrogen (secondary N) is 1. The molecule has 1 unspecified atom stereocenters. The Hall–Kier alpha value is -1.80. The van der Waals surface area contributed by atoms with Gasteiger partial charge in [0.15, 0.2) is 0 Å². The first-order chi connectivity index (χ1) is 10.3. The zero-order chi connectivity index (χ0) is 16.3. The summed E-state index contributed by atoms with van der Waals surface area (Å²) in [5.41, 5.74) is 7.34. The Labute approximate surface area is 130 Å². The molecule has 1 aromatic carbocycles. The number of rotatable bonds is 5. The van der Waals surface area contributed by atoms with Crippen LogP contribution in [0.3, 0.4) is 0 Å². The van der Waals surface area contributed by atoms with Gasteiger partial charge in [-0.15, -0.1) is 0 Å².